The summed E-state index contributed by atoms with van der Waals surface area (Å²) in [6, 6.07) is 10.2. The Morgan fingerprint density at radius 1 is 1.18 bits per heavy atom. The first kappa shape index (κ1) is 12.6. The van der Waals surface area contributed by atoms with Gasteiger partial charge >= 0.3 is 0 Å². The Hall–Kier alpha value is -0.830. The molecule has 1 aromatic carbocycles. The fourth-order valence-electron chi connectivity index (χ4n) is 2.29. The second-order valence-corrected chi connectivity index (χ2v) is 5.53. The van der Waals surface area contributed by atoms with Crippen molar-refractivity contribution in [3.05, 3.63) is 35.9 Å². The molecule has 1 aliphatic carbocycles. The second kappa shape index (κ2) is 6.20. The molecule has 1 unspecified atom stereocenters. The number of carbonyl (C=O) groups excluding carboxylic acids is 1. The summed E-state index contributed by atoms with van der Waals surface area (Å²) in [5.74, 6) is 0.0862. The number of benzene rings is 1. The van der Waals surface area contributed by atoms with Crippen LogP contribution in [0.5, 0.6) is 0 Å². The number of alkyl halides is 1. The third kappa shape index (κ3) is 3.56. The molecule has 2 nitrogen and oxygen atoms in total. The average molecular weight is 296 g/mol. The number of hydrogen-bond acceptors (Lipinski definition) is 1. The van der Waals surface area contributed by atoms with Crippen molar-refractivity contribution in [2.75, 3.05) is 0 Å². The quantitative estimate of drug-likeness (QED) is 0.849. The molecule has 1 N–H and O–H groups in total. The molecule has 0 saturated heterocycles. The molecule has 0 aliphatic heterocycles. The predicted molar refractivity (Wildman–Crippen MR) is 73.1 cm³/mol. The van der Waals surface area contributed by atoms with Crippen LogP contribution in [0.4, 0.5) is 0 Å². The fraction of sp³-hybridized carbons (Fsp3) is 0.500. The van der Waals surface area contributed by atoms with E-state index < -0.39 is 0 Å². The molecule has 1 aromatic rings. The van der Waals surface area contributed by atoms with E-state index in [0.717, 1.165) is 18.4 Å². The summed E-state index contributed by atoms with van der Waals surface area (Å²) in [4.78, 5) is 11.8. The molecule has 3 heteroatoms. The summed E-state index contributed by atoms with van der Waals surface area (Å²) in [6.07, 6.45) is 6.04. The first-order chi connectivity index (χ1) is 8.27. The number of hydrogen-bond donors (Lipinski definition) is 1. The van der Waals surface area contributed by atoms with Crippen LogP contribution in [0.15, 0.2) is 30.3 Å². The highest BCUT2D eigenvalue weighted by molar-refractivity contribution is 9.09. The molecule has 1 saturated carbocycles. The molecule has 1 aliphatic rings. The number of halogens is 1. The van der Waals surface area contributed by atoms with E-state index in [1.165, 1.54) is 19.3 Å². The van der Waals surface area contributed by atoms with Crippen molar-refractivity contribution in [3.63, 3.8) is 0 Å². The molecule has 0 aromatic heterocycles. The molecular weight excluding hydrogens is 278 g/mol. The van der Waals surface area contributed by atoms with Crippen LogP contribution in [0.25, 0.3) is 0 Å². The second-order valence-electron chi connectivity index (χ2n) is 4.62. The number of amides is 1. The molecule has 1 amide bonds. The Morgan fingerprint density at radius 3 is 2.47 bits per heavy atom. The van der Waals surface area contributed by atoms with Gasteiger partial charge in [-0.05, 0) is 18.4 Å². The van der Waals surface area contributed by atoms with E-state index in [0.29, 0.717) is 6.04 Å². The molecular formula is C14H18BrNO. The summed E-state index contributed by atoms with van der Waals surface area (Å²) < 4.78 is 0. The lowest BCUT2D eigenvalue weighted by atomic mass is 9.95. The first-order valence-electron chi connectivity index (χ1n) is 6.27. The van der Waals surface area contributed by atoms with Crippen molar-refractivity contribution in [3.8, 4) is 0 Å². The van der Waals surface area contributed by atoms with Gasteiger partial charge in [-0.1, -0.05) is 65.5 Å². The van der Waals surface area contributed by atoms with E-state index in [1.54, 1.807) is 0 Å². The molecule has 1 atom stereocenters. The average Bonchev–Trinajstić information content (AvgIpc) is 2.40. The van der Waals surface area contributed by atoms with Crippen LogP contribution in [0.3, 0.4) is 0 Å². The van der Waals surface area contributed by atoms with Crippen molar-refractivity contribution in [2.45, 2.75) is 43.0 Å². The van der Waals surface area contributed by atoms with E-state index >= 15 is 0 Å². The lowest BCUT2D eigenvalue weighted by Gasteiger charge is -2.24. The Kier molecular flexibility index (Phi) is 4.60. The van der Waals surface area contributed by atoms with E-state index in [9.17, 15) is 4.79 Å². The van der Waals surface area contributed by atoms with Gasteiger partial charge in [0.2, 0.25) is 5.91 Å². The van der Waals surface area contributed by atoms with E-state index in [2.05, 4.69) is 21.2 Å². The van der Waals surface area contributed by atoms with Gasteiger partial charge in [-0.15, -0.1) is 0 Å². The summed E-state index contributed by atoms with van der Waals surface area (Å²) >= 11 is 3.47. The monoisotopic (exact) mass is 295 g/mol. The maximum absolute atomic E-state index is 12.1. The zero-order valence-electron chi connectivity index (χ0n) is 9.86. The molecule has 0 spiro atoms. The van der Waals surface area contributed by atoms with Gasteiger partial charge < -0.3 is 5.32 Å². The Balaban J connectivity index is 1.91. The fourth-order valence-corrected chi connectivity index (χ4v) is 2.73. The minimum absolute atomic E-state index is 0.0862. The zero-order valence-corrected chi connectivity index (χ0v) is 11.4. The Morgan fingerprint density at radius 2 is 1.82 bits per heavy atom. The van der Waals surface area contributed by atoms with Crippen LogP contribution < -0.4 is 5.32 Å². The molecule has 17 heavy (non-hydrogen) atoms. The molecule has 1 fully saturated rings. The van der Waals surface area contributed by atoms with Crippen molar-refractivity contribution < 1.29 is 4.79 Å². The highest BCUT2D eigenvalue weighted by atomic mass is 79.9. The zero-order chi connectivity index (χ0) is 12.1. The van der Waals surface area contributed by atoms with Crippen LogP contribution in [-0.2, 0) is 4.79 Å². The predicted octanol–water partition coefficient (Wildman–Crippen LogP) is 3.57. The third-order valence-corrected chi connectivity index (χ3v) is 4.22. The van der Waals surface area contributed by atoms with Gasteiger partial charge in [0.05, 0.1) is 0 Å². The summed E-state index contributed by atoms with van der Waals surface area (Å²) in [5, 5.41) is 3.13. The van der Waals surface area contributed by atoms with Crippen molar-refractivity contribution in [2.24, 2.45) is 0 Å². The van der Waals surface area contributed by atoms with Gasteiger partial charge in [0.1, 0.15) is 4.83 Å². The first-order valence-corrected chi connectivity index (χ1v) is 7.18. The van der Waals surface area contributed by atoms with Crippen molar-refractivity contribution in [1.29, 1.82) is 0 Å². The van der Waals surface area contributed by atoms with E-state index in [-0.39, 0.29) is 10.7 Å². The minimum Gasteiger partial charge on any atom is -0.352 e. The van der Waals surface area contributed by atoms with Crippen molar-refractivity contribution in [1.82, 2.24) is 5.32 Å². The van der Waals surface area contributed by atoms with Gasteiger partial charge in [0.25, 0.3) is 0 Å². The molecule has 92 valence electrons. The minimum atomic E-state index is -0.231. The lowest BCUT2D eigenvalue weighted by molar-refractivity contribution is -0.121. The van der Waals surface area contributed by atoms with Crippen LogP contribution in [-0.4, -0.2) is 11.9 Å². The normalized spacial score (nSPS) is 18.6. The number of carbonyl (C=O) groups is 1. The SMILES string of the molecule is O=C(NC1CCCCC1)C(Br)c1ccccc1. The molecule has 0 heterocycles. The maximum Gasteiger partial charge on any atom is 0.238 e. The third-order valence-electron chi connectivity index (χ3n) is 3.27. The smallest absolute Gasteiger partial charge is 0.238 e. The van der Waals surface area contributed by atoms with Gasteiger partial charge in [-0.25, -0.2) is 0 Å². The van der Waals surface area contributed by atoms with E-state index in [1.807, 2.05) is 30.3 Å². The van der Waals surface area contributed by atoms with Gasteiger partial charge in [-0.2, -0.15) is 0 Å². The summed E-state index contributed by atoms with van der Waals surface area (Å²) in [6.45, 7) is 0. The summed E-state index contributed by atoms with van der Waals surface area (Å²) in [7, 11) is 0. The van der Waals surface area contributed by atoms with Crippen LogP contribution >= 0.6 is 15.9 Å². The van der Waals surface area contributed by atoms with Crippen LogP contribution in [0.1, 0.15) is 42.5 Å². The molecule has 2 rings (SSSR count). The largest absolute Gasteiger partial charge is 0.352 e. The van der Waals surface area contributed by atoms with E-state index in [4.69, 9.17) is 0 Å². The molecule has 0 bridgehead atoms. The lowest BCUT2D eigenvalue weighted by Crippen LogP contribution is -2.37. The molecule has 0 radical (unpaired) electrons. The Bertz CT molecular complexity index is 360. The van der Waals surface area contributed by atoms with Gasteiger partial charge in [-0.3, -0.25) is 4.79 Å². The highest BCUT2D eigenvalue weighted by Crippen LogP contribution is 2.24. The van der Waals surface area contributed by atoms with Crippen LogP contribution in [0.2, 0.25) is 0 Å². The number of nitrogens with one attached hydrogen (secondary N) is 1. The van der Waals surface area contributed by atoms with Gasteiger partial charge in [0, 0.05) is 6.04 Å². The Labute approximate surface area is 111 Å². The topological polar surface area (TPSA) is 29.1 Å². The van der Waals surface area contributed by atoms with Gasteiger partial charge in [0.15, 0.2) is 0 Å². The van der Waals surface area contributed by atoms with Crippen molar-refractivity contribution >= 4 is 21.8 Å². The standard InChI is InChI=1S/C14H18BrNO/c15-13(11-7-3-1-4-8-11)14(17)16-12-9-5-2-6-10-12/h1,3-4,7-8,12-13H,2,5-6,9-10H2,(H,16,17). The maximum atomic E-state index is 12.1. The number of rotatable bonds is 3. The highest BCUT2D eigenvalue weighted by Gasteiger charge is 2.21. The van der Waals surface area contributed by atoms with Crippen LogP contribution in [0, 0.1) is 0 Å². The summed E-state index contributed by atoms with van der Waals surface area (Å²) in [5.41, 5.74) is 1.01.